The smallest absolute Gasteiger partial charge is 0.320 e. The molecule has 4 nitrogen and oxygen atoms in total. The van der Waals surface area contributed by atoms with Crippen LogP contribution in [-0.4, -0.2) is 55.1 Å². The van der Waals surface area contributed by atoms with Crippen LogP contribution in [0.1, 0.15) is 26.2 Å². The Labute approximate surface area is 98.0 Å². The van der Waals surface area contributed by atoms with Gasteiger partial charge in [-0.3, -0.25) is 0 Å². The lowest BCUT2D eigenvalue weighted by molar-refractivity contribution is 0.142. The Morgan fingerprint density at radius 2 is 1.75 bits per heavy atom. The standard InChI is InChI=1S/C12H23N3O/c1-10-3-6-14(7-4-10)12(16)15-8-5-11(9-15)13-2/h10-11,13H,3-9H2,1-2H3. The number of carbonyl (C=O) groups is 1. The van der Waals surface area contributed by atoms with E-state index >= 15 is 0 Å². The Balaban J connectivity index is 1.83. The number of amides is 2. The minimum Gasteiger partial charge on any atom is -0.325 e. The third-order valence-electron chi connectivity index (χ3n) is 3.92. The summed E-state index contributed by atoms with van der Waals surface area (Å²) in [6, 6.07) is 0.748. The number of nitrogens with one attached hydrogen (secondary N) is 1. The molecule has 1 unspecified atom stereocenters. The van der Waals surface area contributed by atoms with Gasteiger partial charge in [-0.05, 0) is 32.2 Å². The Kier molecular flexibility index (Phi) is 3.69. The van der Waals surface area contributed by atoms with E-state index in [1.54, 1.807) is 0 Å². The summed E-state index contributed by atoms with van der Waals surface area (Å²) in [4.78, 5) is 16.2. The molecule has 2 amide bonds. The van der Waals surface area contributed by atoms with Gasteiger partial charge in [-0.2, -0.15) is 0 Å². The van der Waals surface area contributed by atoms with Gasteiger partial charge in [0.1, 0.15) is 0 Å². The molecule has 2 heterocycles. The molecule has 16 heavy (non-hydrogen) atoms. The van der Waals surface area contributed by atoms with Crippen molar-refractivity contribution in [2.75, 3.05) is 33.2 Å². The predicted octanol–water partition coefficient (Wildman–Crippen LogP) is 1.13. The average Bonchev–Trinajstić information content (AvgIpc) is 2.77. The fraction of sp³-hybridized carbons (Fsp3) is 0.917. The fourth-order valence-electron chi connectivity index (χ4n) is 2.57. The lowest BCUT2D eigenvalue weighted by Crippen LogP contribution is -2.46. The van der Waals surface area contributed by atoms with E-state index in [1.807, 2.05) is 16.8 Å². The Morgan fingerprint density at radius 3 is 2.31 bits per heavy atom. The molecule has 2 fully saturated rings. The van der Waals surface area contributed by atoms with Crippen LogP contribution in [0.25, 0.3) is 0 Å². The average molecular weight is 225 g/mol. The molecule has 0 bridgehead atoms. The van der Waals surface area contributed by atoms with Crippen LogP contribution < -0.4 is 5.32 Å². The first-order valence-corrected chi connectivity index (χ1v) is 6.42. The van der Waals surface area contributed by atoms with Gasteiger partial charge in [0.15, 0.2) is 0 Å². The van der Waals surface area contributed by atoms with Crippen LogP contribution in [0, 0.1) is 5.92 Å². The Bertz CT molecular complexity index is 245. The molecule has 92 valence electrons. The van der Waals surface area contributed by atoms with Crippen LogP contribution in [0.3, 0.4) is 0 Å². The van der Waals surface area contributed by atoms with Gasteiger partial charge in [-0.15, -0.1) is 0 Å². The maximum absolute atomic E-state index is 12.2. The molecule has 2 saturated heterocycles. The summed E-state index contributed by atoms with van der Waals surface area (Å²) in [5, 5.41) is 3.25. The van der Waals surface area contributed by atoms with Gasteiger partial charge in [0.2, 0.25) is 0 Å². The van der Waals surface area contributed by atoms with Crippen LogP contribution in [0.15, 0.2) is 0 Å². The van der Waals surface area contributed by atoms with Crippen molar-refractivity contribution < 1.29 is 4.79 Å². The number of nitrogens with zero attached hydrogens (tertiary/aromatic N) is 2. The van der Waals surface area contributed by atoms with Gasteiger partial charge in [0.25, 0.3) is 0 Å². The van der Waals surface area contributed by atoms with Crippen molar-refractivity contribution in [3.8, 4) is 0 Å². The van der Waals surface area contributed by atoms with Crippen molar-refractivity contribution >= 4 is 6.03 Å². The first kappa shape index (κ1) is 11.7. The quantitative estimate of drug-likeness (QED) is 0.726. The zero-order chi connectivity index (χ0) is 11.5. The first-order chi connectivity index (χ1) is 7.70. The summed E-state index contributed by atoms with van der Waals surface area (Å²) in [6.07, 6.45) is 3.41. The topological polar surface area (TPSA) is 35.6 Å². The summed E-state index contributed by atoms with van der Waals surface area (Å²) in [7, 11) is 1.97. The second-order valence-electron chi connectivity index (χ2n) is 5.17. The fourth-order valence-corrected chi connectivity index (χ4v) is 2.57. The van der Waals surface area contributed by atoms with E-state index < -0.39 is 0 Å². The molecule has 0 aliphatic carbocycles. The second-order valence-corrected chi connectivity index (χ2v) is 5.17. The van der Waals surface area contributed by atoms with Gasteiger partial charge >= 0.3 is 6.03 Å². The molecule has 0 radical (unpaired) electrons. The van der Waals surface area contributed by atoms with Crippen molar-refractivity contribution in [3.63, 3.8) is 0 Å². The molecule has 2 aliphatic heterocycles. The molecule has 0 saturated carbocycles. The van der Waals surface area contributed by atoms with Crippen molar-refractivity contribution in [2.24, 2.45) is 5.92 Å². The maximum Gasteiger partial charge on any atom is 0.320 e. The third kappa shape index (κ3) is 2.48. The minimum absolute atomic E-state index is 0.254. The zero-order valence-electron chi connectivity index (χ0n) is 10.4. The normalized spacial score (nSPS) is 27.5. The minimum atomic E-state index is 0.254. The Hall–Kier alpha value is -0.770. The van der Waals surface area contributed by atoms with Gasteiger partial charge < -0.3 is 15.1 Å². The number of piperidine rings is 1. The monoisotopic (exact) mass is 225 g/mol. The molecule has 0 aromatic rings. The molecule has 2 rings (SSSR count). The van der Waals surface area contributed by atoms with E-state index in [2.05, 4.69) is 12.2 Å². The van der Waals surface area contributed by atoms with E-state index in [0.717, 1.165) is 51.4 Å². The molecule has 0 spiro atoms. The number of carbonyl (C=O) groups excluding carboxylic acids is 1. The SMILES string of the molecule is CNC1CCN(C(=O)N2CCC(C)CC2)C1. The molecule has 0 aromatic heterocycles. The van der Waals surface area contributed by atoms with Crippen LogP contribution >= 0.6 is 0 Å². The molecule has 0 aromatic carbocycles. The van der Waals surface area contributed by atoms with Gasteiger partial charge in [0.05, 0.1) is 0 Å². The van der Waals surface area contributed by atoms with E-state index in [0.29, 0.717) is 6.04 Å². The second kappa shape index (κ2) is 5.04. The summed E-state index contributed by atoms with van der Waals surface area (Å²) in [5.41, 5.74) is 0. The number of urea groups is 1. The van der Waals surface area contributed by atoms with Crippen LogP contribution in [0.2, 0.25) is 0 Å². The number of hydrogen-bond donors (Lipinski definition) is 1. The molecule has 2 aliphatic rings. The van der Waals surface area contributed by atoms with E-state index in [1.165, 1.54) is 0 Å². The van der Waals surface area contributed by atoms with Gasteiger partial charge in [-0.1, -0.05) is 6.92 Å². The predicted molar refractivity (Wildman–Crippen MR) is 64.4 cm³/mol. The maximum atomic E-state index is 12.2. The number of likely N-dealkylation sites (tertiary alicyclic amines) is 2. The first-order valence-electron chi connectivity index (χ1n) is 6.42. The number of hydrogen-bond acceptors (Lipinski definition) is 2. The molecular weight excluding hydrogens is 202 g/mol. The molecule has 1 atom stereocenters. The lowest BCUT2D eigenvalue weighted by Gasteiger charge is -2.33. The van der Waals surface area contributed by atoms with Crippen molar-refractivity contribution in [1.82, 2.24) is 15.1 Å². The highest BCUT2D eigenvalue weighted by Crippen LogP contribution is 2.19. The number of rotatable bonds is 1. The highest BCUT2D eigenvalue weighted by molar-refractivity contribution is 5.75. The van der Waals surface area contributed by atoms with E-state index in [9.17, 15) is 4.79 Å². The Morgan fingerprint density at radius 1 is 1.12 bits per heavy atom. The van der Waals surface area contributed by atoms with E-state index in [4.69, 9.17) is 0 Å². The van der Waals surface area contributed by atoms with E-state index in [-0.39, 0.29) is 6.03 Å². The van der Waals surface area contributed by atoms with Crippen LogP contribution in [0.5, 0.6) is 0 Å². The summed E-state index contributed by atoms with van der Waals surface area (Å²) in [6.45, 7) is 5.95. The molecular formula is C12H23N3O. The van der Waals surface area contributed by atoms with Crippen molar-refractivity contribution in [3.05, 3.63) is 0 Å². The van der Waals surface area contributed by atoms with Gasteiger partial charge in [0, 0.05) is 32.2 Å². The van der Waals surface area contributed by atoms with Crippen LogP contribution in [0.4, 0.5) is 4.79 Å². The summed E-state index contributed by atoms with van der Waals surface area (Å²) >= 11 is 0. The lowest BCUT2D eigenvalue weighted by atomic mass is 10.00. The summed E-state index contributed by atoms with van der Waals surface area (Å²) in [5.74, 6) is 0.785. The number of likely N-dealkylation sites (N-methyl/N-ethyl adjacent to an activating group) is 1. The highest BCUT2D eigenvalue weighted by Gasteiger charge is 2.29. The van der Waals surface area contributed by atoms with Crippen LogP contribution in [-0.2, 0) is 0 Å². The van der Waals surface area contributed by atoms with Crippen molar-refractivity contribution in [2.45, 2.75) is 32.2 Å². The summed E-state index contributed by atoms with van der Waals surface area (Å²) < 4.78 is 0. The molecule has 4 heteroatoms. The van der Waals surface area contributed by atoms with Gasteiger partial charge in [-0.25, -0.2) is 4.79 Å². The zero-order valence-corrected chi connectivity index (χ0v) is 10.4. The molecule has 1 N–H and O–H groups in total. The van der Waals surface area contributed by atoms with Crippen molar-refractivity contribution in [1.29, 1.82) is 0 Å². The third-order valence-corrected chi connectivity index (χ3v) is 3.92. The highest BCUT2D eigenvalue weighted by atomic mass is 16.2. The largest absolute Gasteiger partial charge is 0.325 e.